The third kappa shape index (κ3) is 4.99. The molecule has 0 unspecified atom stereocenters. The number of carbonyl (C=O) groups is 1. The Morgan fingerprint density at radius 3 is 2.25 bits per heavy atom. The number of oxime groups is 1. The molecule has 24 heavy (non-hydrogen) atoms. The Kier molecular flexibility index (Phi) is 6.20. The summed E-state index contributed by atoms with van der Waals surface area (Å²) in [5.74, 6) is 0.686. The summed E-state index contributed by atoms with van der Waals surface area (Å²) in [6, 6.07) is 14.0. The highest BCUT2D eigenvalue weighted by molar-refractivity contribution is 9.10. The van der Waals surface area contributed by atoms with Crippen LogP contribution in [-0.2, 0) is 9.63 Å². The van der Waals surface area contributed by atoms with Gasteiger partial charge >= 0.3 is 5.97 Å². The van der Waals surface area contributed by atoms with E-state index in [-0.39, 0.29) is 5.84 Å². The number of ether oxygens (including phenoxy) is 2. The van der Waals surface area contributed by atoms with Crippen molar-refractivity contribution in [3.8, 4) is 11.5 Å². The van der Waals surface area contributed by atoms with E-state index in [4.69, 9.17) is 20.0 Å². The van der Waals surface area contributed by atoms with Gasteiger partial charge in [-0.05, 0) is 55.5 Å². The first-order valence-corrected chi connectivity index (χ1v) is 7.90. The predicted octanol–water partition coefficient (Wildman–Crippen LogP) is 3.09. The van der Waals surface area contributed by atoms with E-state index < -0.39 is 12.1 Å². The summed E-state index contributed by atoms with van der Waals surface area (Å²) >= 11 is 3.33. The van der Waals surface area contributed by atoms with Gasteiger partial charge in [0.1, 0.15) is 11.5 Å². The number of rotatable bonds is 6. The number of carbonyl (C=O) groups excluding carboxylic acids is 1. The smallest absolute Gasteiger partial charge is 0.374 e. The van der Waals surface area contributed by atoms with Crippen LogP contribution in [0, 0.1) is 0 Å². The summed E-state index contributed by atoms with van der Waals surface area (Å²) < 4.78 is 11.5. The van der Waals surface area contributed by atoms with Crippen molar-refractivity contribution in [2.24, 2.45) is 10.9 Å². The molecule has 0 amide bonds. The van der Waals surface area contributed by atoms with Crippen LogP contribution in [0.25, 0.3) is 0 Å². The van der Waals surface area contributed by atoms with Crippen molar-refractivity contribution in [1.29, 1.82) is 0 Å². The van der Waals surface area contributed by atoms with E-state index in [2.05, 4.69) is 21.1 Å². The summed E-state index contributed by atoms with van der Waals surface area (Å²) in [4.78, 5) is 16.7. The largest absolute Gasteiger partial charge is 0.497 e. The molecule has 1 atom stereocenters. The van der Waals surface area contributed by atoms with Crippen LogP contribution in [0.2, 0.25) is 0 Å². The SMILES string of the molecule is COc1ccc(/C(N)=N\OC(=O)[C@H](C)Oc2ccc(Br)cc2)cc1. The van der Waals surface area contributed by atoms with E-state index in [0.29, 0.717) is 17.1 Å². The van der Waals surface area contributed by atoms with Crippen LogP contribution in [0.4, 0.5) is 0 Å². The third-order valence-electron chi connectivity index (χ3n) is 3.08. The maximum Gasteiger partial charge on any atom is 0.374 e. The van der Waals surface area contributed by atoms with Crippen molar-refractivity contribution < 1.29 is 19.1 Å². The second-order valence-electron chi connectivity index (χ2n) is 4.83. The monoisotopic (exact) mass is 392 g/mol. The highest BCUT2D eigenvalue weighted by Gasteiger charge is 2.17. The van der Waals surface area contributed by atoms with E-state index in [1.165, 1.54) is 0 Å². The second-order valence-corrected chi connectivity index (χ2v) is 5.75. The van der Waals surface area contributed by atoms with Crippen LogP contribution < -0.4 is 15.2 Å². The zero-order chi connectivity index (χ0) is 17.5. The van der Waals surface area contributed by atoms with Gasteiger partial charge in [0.25, 0.3) is 0 Å². The zero-order valence-electron chi connectivity index (χ0n) is 13.2. The number of methoxy groups -OCH3 is 1. The Labute approximate surface area is 148 Å². The fourth-order valence-electron chi connectivity index (χ4n) is 1.75. The minimum absolute atomic E-state index is 0.0850. The molecular weight excluding hydrogens is 376 g/mol. The fourth-order valence-corrected chi connectivity index (χ4v) is 2.01. The van der Waals surface area contributed by atoms with Crippen molar-refractivity contribution in [2.75, 3.05) is 7.11 Å². The van der Waals surface area contributed by atoms with Crippen LogP contribution in [0.15, 0.2) is 58.2 Å². The van der Waals surface area contributed by atoms with E-state index in [1.807, 2.05) is 12.1 Å². The number of halogens is 1. The van der Waals surface area contributed by atoms with Crippen LogP contribution in [0.3, 0.4) is 0 Å². The fraction of sp³-hybridized carbons (Fsp3) is 0.176. The van der Waals surface area contributed by atoms with Crippen molar-refractivity contribution in [3.63, 3.8) is 0 Å². The number of amidine groups is 1. The number of nitrogens with zero attached hydrogens (tertiary/aromatic N) is 1. The topological polar surface area (TPSA) is 83.1 Å². The zero-order valence-corrected chi connectivity index (χ0v) is 14.8. The van der Waals surface area contributed by atoms with E-state index in [1.54, 1.807) is 50.4 Å². The molecule has 2 aromatic carbocycles. The predicted molar refractivity (Wildman–Crippen MR) is 94.0 cm³/mol. The Bertz CT molecular complexity index is 714. The van der Waals surface area contributed by atoms with Gasteiger partial charge < -0.3 is 20.0 Å². The minimum atomic E-state index is -0.821. The van der Waals surface area contributed by atoms with Gasteiger partial charge in [0.05, 0.1) is 7.11 Å². The van der Waals surface area contributed by atoms with Gasteiger partial charge in [0.15, 0.2) is 11.9 Å². The van der Waals surface area contributed by atoms with Gasteiger partial charge in [-0.15, -0.1) is 0 Å². The molecule has 0 fully saturated rings. The molecule has 2 N–H and O–H groups in total. The number of hydrogen-bond donors (Lipinski definition) is 1. The first kappa shape index (κ1) is 17.8. The lowest BCUT2D eigenvalue weighted by Crippen LogP contribution is -2.26. The average molecular weight is 393 g/mol. The highest BCUT2D eigenvalue weighted by Crippen LogP contribution is 2.17. The highest BCUT2D eigenvalue weighted by atomic mass is 79.9. The molecule has 0 heterocycles. The molecule has 126 valence electrons. The molecule has 0 saturated heterocycles. The lowest BCUT2D eigenvalue weighted by Gasteiger charge is -2.11. The van der Waals surface area contributed by atoms with Gasteiger partial charge in [0.2, 0.25) is 0 Å². The Morgan fingerprint density at radius 1 is 1.08 bits per heavy atom. The molecule has 6 nitrogen and oxygen atoms in total. The van der Waals surface area contributed by atoms with Gasteiger partial charge in [0, 0.05) is 10.0 Å². The van der Waals surface area contributed by atoms with Crippen molar-refractivity contribution in [2.45, 2.75) is 13.0 Å². The number of nitrogens with two attached hydrogens (primary N) is 1. The molecule has 7 heteroatoms. The maximum absolute atomic E-state index is 11.9. The summed E-state index contributed by atoms with van der Waals surface area (Å²) in [6.45, 7) is 1.57. The maximum atomic E-state index is 11.9. The standard InChI is InChI=1S/C17H17BrN2O4/c1-11(23-15-9-5-13(18)6-10-15)17(21)24-20-16(19)12-3-7-14(22-2)8-4-12/h3-11H,1-2H3,(H2,19,20)/t11-/m0/s1. The molecule has 0 aliphatic carbocycles. The molecule has 2 rings (SSSR count). The van der Waals surface area contributed by atoms with E-state index >= 15 is 0 Å². The lowest BCUT2D eigenvalue weighted by molar-refractivity contribution is -0.151. The van der Waals surface area contributed by atoms with Gasteiger partial charge in [-0.2, -0.15) is 0 Å². The van der Waals surface area contributed by atoms with Gasteiger partial charge in [-0.1, -0.05) is 21.1 Å². The first-order valence-electron chi connectivity index (χ1n) is 7.10. The molecular formula is C17H17BrN2O4. The van der Waals surface area contributed by atoms with Crippen molar-refractivity contribution in [1.82, 2.24) is 0 Å². The van der Waals surface area contributed by atoms with Gasteiger partial charge in [-0.3, -0.25) is 0 Å². The Morgan fingerprint density at radius 2 is 1.67 bits per heavy atom. The quantitative estimate of drug-likeness (QED) is 0.353. The van der Waals surface area contributed by atoms with Crippen LogP contribution in [0.5, 0.6) is 11.5 Å². The third-order valence-corrected chi connectivity index (χ3v) is 3.61. The van der Waals surface area contributed by atoms with Crippen LogP contribution in [-0.4, -0.2) is 25.0 Å². The Balaban J connectivity index is 1.93. The molecule has 0 aliphatic heterocycles. The van der Waals surface area contributed by atoms with Crippen molar-refractivity contribution >= 4 is 27.7 Å². The van der Waals surface area contributed by atoms with E-state index in [9.17, 15) is 4.79 Å². The average Bonchev–Trinajstić information content (AvgIpc) is 2.61. The molecule has 0 aromatic heterocycles. The second kappa shape index (κ2) is 8.35. The Hall–Kier alpha value is -2.54. The summed E-state index contributed by atoms with van der Waals surface area (Å²) in [7, 11) is 1.57. The van der Waals surface area contributed by atoms with Crippen LogP contribution in [0.1, 0.15) is 12.5 Å². The molecule has 2 aromatic rings. The molecule has 0 spiro atoms. The first-order chi connectivity index (χ1) is 11.5. The number of benzene rings is 2. The summed E-state index contributed by atoms with van der Waals surface area (Å²) in [6.07, 6.45) is -0.821. The molecule has 0 radical (unpaired) electrons. The summed E-state index contributed by atoms with van der Waals surface area (Å²) in [5.41, 5.74) is 6.41. The van der Waals surface area contributed by atoms with Gasteiger partial charge in [-0.25, -0.2) is 4.79 Å². The van der Waals surface area contributed by atoms with E-state index in [0.717, 1.165) is 4.47 Å². The molecule has 0 aliphatic rings. The lowest BCUT2D eigenvalue weighted by atomic mass is 10.2. The molecule has 0 saturated carbocycles. The van der Waals surface area contributed by atoms with Crippen LogP contribution >= 0.6 is 15.9 Å². The van der Waals surface area contributed by atoms with Crippen molar-refractivity contribution in [3.05, 3.63) is 58.6 Å². The number of hydrogen-bond acceptors (Lipinski definition) is 5. The summed E-state index contributed by atoms with van der Waals surface area (Å²) in [5, 5.41) is 3.64. The minimum Gasteiger partial charge on any atom is -0.497 e. The molecule has 0 bridgehead atoms. The normalized spacial score (nSPS) is 12.4.